The summed E-state index contributed by atoms with van der Waals surface area (Å²) in [5.74, 6) is 0.140. The predicted molar refractivity (Wildman–Crippen MR) is 94.8 cm³/mol. The number of amides is 1. The first-order valence-electron chi connectivity index (χ1n) is 7.86. The smallest absolute Gasteiger partial charge is 0.270 e. The molecule has 124 valence electrons. The van der Waals surface area contributed by atoms with Crippen LogP contribution in [0, 0.1) is 0 Å². The number of aromatic nitrogens is 1. The van der Waals surface area contributed by atoms with E-state index in [0.29, 0.717) is 18.1 Å². The molecule has 3 rings (SSSR count). The molecule has 2 bridgehead atoms. The molecule has 22 heavy (non-hydrogen) atoms. The summed E-state index contributed by atoms with van der Waals surface area (Å²) < 4.78 is 3.02. The third-order valence-corrected chi connectivity index (χ3v) is 5.34. The Kier molecular flexibility index (Phi) is 5.62. The van der Waals surface area contributed by atoms with Gasteiger partial charge in [0.2, 0.25) is 0 Å². The maximum Gasteiger partial charge on any atom is 0.270 e. The monoisotopic (exact) mass is 389 g/mol. The van der Waals surface area contributed by atoms with Crippen LogP contribution in [0.1, 0.15) is 56.1 Å². The molecule has 6 heteroatoms. The zero-order valence-corrected chi connectivity index (χ0v) is 15.8. The molecule has 0 radical (unpaired) electrons. The first kappa shape index (κ1) is 17.8. The number of rotatable bonds is 3. The van der Waals surface area contributed by atoms with E-state index >= 15 is 0 Å². The first-order chi connectivity index (χ1) is 9.95. The van der Waals surface area contributed by atoms with Gasteiger partial charge in [0.05, 0.1) is 0 Å². The Morgan fingerprint density at radius 2 is 1.95 bits per heavy atom. The summed E-state index contributed by atoms with van der Waals surface area (Å²) in [6.07, 6.45) is 6.69. The van der Waals surface area contributed by atoms with Gasteiger partial charge in [-0.3, -0.25) is 4.79 Å². The van der Waals surface area contributed by atoms with E-state index < -0.39 is 0 Å². The van der Waals surface area contributed by atoms with Crippen LogP contribution in [0.3, 0.4) is 0 Å². The molecule has 2 aliphatic heterocycles. The van der Waals surface area contributed by atoms with E-state index in [0.717, 1.165) is 23.0 Å². The Hall–Kier alpha value is -0.520. The van der Waals surface area contributed by atoms with Gasteiger partial charge in [0.15, 0.2) is 0 Å². The van der Waals surface area contributed by atoms with Crippen molar-refractivity contribution in [1.29, 1.82) is 0 Å². The van der Waals surface area contributed by atoms with Gasteiger partial charge in [-0.1, -0.05) is 0 Å². The van der Waals surface area contributed by atoms with E-state index in [9.17, 15) is 4.79 Å². The van der Waals surface area contributed by atoms with Gasteiger partial charge >= 0.3 is 0 Å². The highest BCUT2D eigenvalue weighted by atomic mass is 79.9. The number of halogens is 2. The van der Waals surface area contributed by atoms with E-state index in [1.807, 2.05) is 24.2 Å². The molecule has 2 aliphatic rings. The van der Waals surface area contributed by atoms with E-state index in [2.05, 4.69) is 39.7 Å². The Balaban J connectivity index is 0.00000176. The van der Waals surface area contributed by atoms with Crippen LogP contribution in [-0.2, 0) is 0 Å². The van der Waals surface area contributed by atoms with Gasteiger partial charge in [-0.25, -0.2) is 0 Å². The fourth-order valence-corrected chi connectivity index (χ4v) is 4.17. The molecule has 0 aromatic carbocycles. The Morgan fingerprint density at radius 3 is 2.50 bits per heavy atom. The Morgan fingerprint density at radius 1 is 1.36 bits per heavy atom. The molecular formula is C16H25BrClN3O. The van der Waals surface area contributed by atoms with E-state index in [4.69, 9.17) is 0 Å². The van der Waals surface area contributed by atoms with E-state index in [1.54, 1.807) is 0 Å². The summed E-state index contributed by atoms with van der Waals surface area (Å²) in [5.41, 5.74) is 0.783. The lowest BCUT2D eigenvalue weighted by Crippen LogP contribution is -2.49. The maximum absolute atomic E-state index is 12.9. The third kappa shape index (κ3) is 3.36. The van der Waals surface area contributed by atoms with Gasteiger partial charge < -0.3 is 14.8 Å². The molecule has 2 fully saturated rings. The van der Waals surface area contributed by atoms with Crippen molar-refractivity contribution in [2.24, 2.45) is 0 Å². The van der Waals surface area contributed by atoms with Gasteiger partial charge in [-0.2, -0.15) is 0 Å². The summed E-state index contributed by atoms with van der Waals surface area (Å²) in [4.78, 5) is 14.8. The summed E-state index contributed by atoms with van der Waals surface area (Å²) in [6, 6.07) is 3.80. The van der Waals surface area contributed by atoms with Crippen molar-refractivity contribution >= 4 is 34.2 Å². The molecule has 1 N–H and O–H groups in total. The SMILES string of the molecule is CC(C)n1cc(Br)cc1C(=O)N(C)C1CC2CCC(C1)N2.Cl. The number of carbonyl (C=O) groups excluding carboxylic acids is 1. The largest absolute Gasteiger partial charge is 0.340 e. The van der Waals surface area contributed by atoms with Crippen molar-refractivity contribution in [3.05, 3.63) is 22.4 Å². The molecule has 0 aliphatic carbocycles. The standard InChI is InChI=1S/C16H24BrN3O.ClH/c1-10(2)20-9-11(17)6-15(20)16(21)19(3)14-7-12-4-5-13(8-14)18-12;/h6,9-10,12-14,18H,4-5,7-8H2,1-3H3;1H. The second kappa shape index (κ2) is 6.93. The molecule has 3 heterocycles. The molecule has 2 saturated heterocycles. The molecule has 0 saturated carbocycles. The second-order valence-electron chi connectivity index (χ2n) is 6.72. The van der Waals surface area contributed by atoms with Gasteiger partial charge in [0.25, 0.3) is 5.91 Å². The van der Waals surface area contributed by atoms with Crippen molar-refractivity contribution in [1.82, 2.24) is 14.8 Å². The van der Waals surface area contributed by atoms with Crippen LogP contribution in [0.15, 0.2) is 16.7 Å². The van der Waals surface area contributed by atoms with Crippen LogP contribution < -0.4 is 5.32 Å². The number of carbonyl (C=O) groups is 1. The van der Waals surface area contributed by atoms with Crippen LogP contribution in [-0.4, -0.2) is 40.5 Å². The van der Waals surface area contributed by atoms with Crippen molar-refractivity contribution in [2.45, 2.75) is 63.7 Å². The minimum Gasteiger partial charge on any atom is -0.340 e. The molecule has 1 aromatic rings. The fourth-order valence-electron chi connectivity index (χ4n) is 3.73. The number of piperidine rings is 1. The Bertz CT molecular complexity index is 533. The van der Waals surface area contributed by atoms with Crippen molar-refractivity contribution in [2.75, 3.05) is 7.05 Å². The van der Waals surface area contributed by atoms with Crippen LogP contribution in [0.4, 0.5) is 0 Å². The summed E-state index contributed by atoms with van der Waals surface area (Å²) in [5, 5.41) is 3.64. The Labute approximate surface area is 147 Å². The van der Waals surface area contributed by atoms with E-state index in [1.165, 1.54) is 12.8 Å². The first-order valence-corrected chi connectivity index (χ1v) is 8.65. The normalized spacial score (nSPS) is 26.9. The quantitative estimate of drug-likeness (QED) is 0.856. The van der Waals surface area contributed by atoms with Crippen LogP contribution in [0.25, 0.3) is 0 Å². The predicted octanol–water partition coefficient (Wildman–Crippen LogP) is 3.61. The lowest BCUT2D eigenvalue weighted by Gasteiger charge is -2.35. The van der Waals surface area contributed by atoms with Gasteiger partial charge in [-0.15, -0.1) is 12.4 Å². The maximum atomic E-state index is 12.9. The van der Waals surface area contributed by atoms with Gasteiger partial charge in [0.1, 0.15) is 5.69 Å². The molecule has 4 nitrogen and oxygen atoms in total. The number of hydrogen-bond donors (Lipinski definition) is 1. The van der Waals surface area contributed by atoms with Crippen LogP contribution in [0.2, 0.25) is 0 Å². The molecule has 0 spiro atoms. The van der Waals surface area contributed by atoms with Gasteiger partial charge in [-0.05, 0) is 61.5 Å². The fraction of sp³-hybridized carbons (Fsp3) is 0.688. The summed E-state index contributed by atoms with van der Waals surface area (Å²) in [6.45, 7) is 4.21. The highest BCUT2D eigenvalue weighted by Crippen LogP contribution is 2.30. The molecule has 1 amide bonds. The minimum atomic E-state index is 0. The number of fused-ring (bicyclic) bond motifs is 2. The second-order valence-corrected chi connectivity index (χ2v) is 7.64. The van der Waals surface area contributed by atoms with Crippen LogP contribution in [0.5, 0.6) is 0 Å². The minimum absolute atomic E-state index is 0. The average molecular weight is 391 g/mol. The summed E-state index contributed by atoms with van der Waals surface area (Å²) >= 11 is 3.49. The van der Waals surface area contributed by atoms with Crippen LogP contribution >= 0.6 is 28.3 Å². The number of nitrogens with zero attached hydrogens (tertiary/aromatic N) is 2. The molecule has 1 aromatic heterocycles. The zero-order chi connectivity index (χ0) is 15.1. The zero-order valence-electron chi connectivity index (χ0n) is 13.4. The van der Waals surface area contributed by atoms with Crippen molar-refractivity contribution < 1.29 is 4.79 Å². The average Bonchev–Trinajstić information content (AvgIpc) is 3.00. The van der Waals surface area contributed by atoms with Crippen molar-refractivity contribution in [3.63, 3.8) is 0 Å². The number of hydrogen-bond acceptors (Lipinski definition) is 2. The highest BCUT2D eigenvalue weighted by Gasteiger charge is 2.37. The number of nitrogens with one attached hydrogen (secondary N) is 1. The topological polar surface area (TPSA) is 37.3 Å². The molecule has 2 unspecified atom stereocenters. The van der Waals surface area contributed by atoms with Gasteiger partial charge in [0, 0.05) is 41.9 Å². The summed E-state index contributed by atoms with van der Waals surface area (Å²) in [7, 11) is 1.96. The molecular weight excluding hydrogens is 366 g/mol. The molecule has 2 atom stereocenters. The third-order valence-electron chi connectivity index (χ3n) is 4.91. The van der Waals surface area contributed by atoms with Crippen molar-refractivity contribution in [3.8, 4) is 0 Å². The van der Waals surface area contributed by atoms with E-state index in [-0.39, 0.29) is 24.4 Å². The lowest BCUT2D eigenvalue weighted by molar-refractivity contribution is 0.0669. The lowest BCUT2D eigenvalue weighted by atomic mass is 9.98. The highest BCUT2D eigenvalue weighted by molar-refractivity contribution is 9.10.